The van der Waals surface area contributed by atoms with Crippen LogP contribution in [0, 0.1) is 5.92 Å². The molecule has 1 unspecified atom stereocenters. The molecule has 0 aliphatic carbocycles. The molecule has 0 saturated carbocycles. The van der Waals surface area contributed by atoms with Crippen molar-refractivity contribution in [3.05, 3.63) is 0 Å². The number of aliphatic imine (C=N–C) groups is 1. The highest BCUT2D eigenvalue weighted by Crippen LogP contribution is 2.19. The van der Waals surface area contributed by atoms with Gasteiger partial charge in [0.1, 0.15) is 6.54 Å². The maximum absolute atomic E-state index is 12.6. The zero-order valence-electron chi connectivity index (χ0n) is 13.7. The molecule has 0 bridgehead atoms. The van der Waals surface area contributed by atoms with E-state index in [2.05, 4.69) is 11.9 Å². The van der Waals surface area contributed by atoms with Crippen molar-refractivity contribution < 1.29 is 19.0 Å². The molecule has 2 fully saturated rings. The largest absolute Gasteiger partial charge is 0.341 e. The molecule has 0 aromatic heterocycles. The van der Waals surface area contributed by atoms with Gasteiger partial charge in [-0.3, -0.25) is 19.4 Å². The third-order valence-electron chi connectivity index (χ3n) is 4.82. The molecule has 0 aromatic rings. The van der Waals surface area contributed by atoms with Gasteiger partial charge in [-0.2, -0.15) is 0 Å². The van der Waals surface area contributed by atoms with E-state index in [1.807, 2.05) is 0 Å². The predicted molar refractivity (Wildman–Crippen MR) is 83.3 cm³/mol. The number of amides is 4. The first kappa shape index (κ1) is 15.6. The van der Waals surface area contributed by atoms with E-state index in [0.717, 1.165) is 17.7 Å². The van der Waals surface area contributed by atoms with Gasteiger partial charge in [-0.1, -0.05) is 6.92 Å². The van der Waals surface area contributed by atoms with E-state index in [4.69, 9.17) is 0 Å². The summed E-state index contributed by atoms with van der Waals surface area (Å²) >= 11 is 0. The first-order valence-corrected chi connectivity index (χ1v) is 7.90. The average Bonchev–Trinajstić information content (AvgIpc) is 2.92. The number of urea groups is 1. The number of fused-ring (bicyclic) bond motifs is 1. The number of hydrogen-bond donors (Lipinski definition) is 0. The van der Waals surface area contributed by atoms with Crippen LogP contribution in [-0.2, 0) is 9.59 Å². The monoisotopic (exact) mass is 320 g/mol. The minimum Gasteiger partial charge on any atom is -0.341 e. The number of carbonyl (C=O) groups is 3. The van der Waals surface area contributed by atoms with Crippen molar-refractivity contribution in [1.29, 1.82) is 0 Å². The van der Waals surface area contributed by atoms with Crippen LogP contribution >= 0.6 is 0 Å². The predicted octanol–water partition coefficient (Wildman–Crippen LogP) is -0.410. The Morgan fingerprint density at radius 1 is 1.35 bits per heavy atom. The number of likely N-dealkylation sites (tertiary alicyclic amines) is 1. The van der Waals surface area contributed by atoms with Crippen LogP contribution in [0.5, 0.6) is 0 Å². The Labute approximate surface area is 135 Å². The Hall–Kier alpha value is -2.25. The molecular formula is C15H22N5O3+. The third-order valence-corrected chi connectivity index (χ3v) is 4.82. The van der Waals surface area contributed by atoms with Gasteiger partial charge in [0.05, 0.1) is 7.05 Å². The molecule has 8 heteroatoms. The van der Waals surface area contributed by atoms with Crippen LogP contribution in [0.4, 0.5) is 4.79 Å². The summed E-state index contributed by atoms with van der Waals surface area (Å²) < 4.78 is 1.65. The molecule has 4 amide bonds. The second-order valence-electron chi connectivity index (χ2n) is 6.50. The zero-order chi connectivity index (χ0) is 16.7. The van der Waals surface area contributed by atoms with Crippen LogP contribution < -0.4 is 0 Å². The van der Waals surface area contributed by atoms with Gasteiger partial charge < -0.3 is 4.90 Å². The Morgan fingerprint density at radius 2 is 2.00 bits per heavy atom. The number of likely N-dealkylation sites (N-methyl/N-ethyl adjacent to an activating group) is 2. The lowest BCUT2D eigenvalue weighted by Crippen LogP contribution is -2.63. The number of piperidine rings is 1. The number of amidine groups is 1. The van der Waals surface area contributed by atoms with Crippen LogP contribution in [-0.4, -0.2) is 89.1 Å². The van der Waals surface area contributed by atoms with E-state index < -0.39 is 12.1 Å². The quantitative estimate of drug-likeness (QED) is 0.649. The molecule has 3 heterocycles. The van der Waals surface area contributed by atoms with Crippen LogP contribution in [0.2, 0.25) is 0 Å². The smallest absolute Gasteiger partial charge is 0.334 e. The number of rotatable bonds is 2. The zero-order valence-corrected chi connectivity index (χ0v) is 13.7. The van der Waals surface area contributed by atoms with E-state index >= 15 is 0 Å². The molecule has 3 aliphatic rings. The summed E-state index contributed by atoms with van der Waals surface area (Å²) in [4.78, 5) is 45.7. The van der Waals surface area contributed by atoms with Crippen LogP contribution in [0.25, 0.3) is 0 Å². The summed E-state index contributed by atoms with van der Waals surface area (Å²) in [7, 11) is 3.31. The summed E-state index contributed by atoms with van der Waals surface area (Å²) in [5, 5.41) is 0. The summed E-state index contributed by atoms with van der Waals surface area (Å²) in [5.41, 5.74) is 0. The molecule has 0 radical (unpaired) electrons. The van der Waals surface area contributed by atoms with Crippen LogP contribution in [0.15, 0.2) is 4.99 Å². The topological polar surface area (TPSA) is 76.3 Å². The molecule has 3 rings (SSSR count). The standard InChI is InChI=1S/C15H22N5O3/c1-10-4-6-19(7-5-10)11(21)8-20-14(22)12-13(16-9-17(12)2)18(3)15(20)23/h9-10,12H,4-8H2,1-3H3/q+1. The SMILES string of the molecule is CC1CCN(C(=O)CN2C(=O)C3C(=NC=[N+]3C)N(C)C2=O)CC1. The molecule has 1 atom stereocenters. The number of hydrogen-bond acceptors (Lipinski definition) is 4. The summed E-state index contributed by atoms with van der Waals surface area (Å²) in [6.07, 6.45) is 3.45. The summed E-state index contributed by atoms with van der Waals surface area (Å²) in [5.74, 6) is 0.474. The average molecular weight is 320 g/mol. The van der Waals surface area contributed by atoms with Crippen molar-refractivity contribution in [2.75, 3.05) is 33.7 Å². The van der Waals surface area contributed by atoms with Gasteiger partial charge in [0.2, 0.25) is 5.91 Å². The van der Waals surface area contributed by atoms with Crippen LogP contribution in [0.1, 0.15) is 19.8 Å². The highest BCUT2D eigenvalue weighted by molar-refractivity contribution is 6.22. The Morgan fingerprint density at radius 3 is 2.65 bits per heavy atom. The Kier molecular flexibility index (Phi) is 3.91. The molecular weight excluding hydrogens is 298 g/mol. The van der Waals surface area contributed by atoms with Gasteiger partial charge in [-0.15, -0.1) is 0 Å². The third kappa shape index (κ3) is 2.62. The minimum atomic E-state index is -0.619. The lowest BCUT2D eigenvalue weighted by Gasteiger charge is -2.35. The Balaban J connectivity index is 1.73. The van der Waals surface area contributed by atoms with E-state index in [1.54, 1.807) is 23.6 Å². The van der Waals surface area contributed by atoms with Crippen molar-refractivity contribution in [1.82, 2.24) is 14.7 Å². The Bertz CT molecular complexity index is 619. The summed E-state index contributed by atoms with van der Waals surface area (Å²) in [6.45, 7) is 3.35. The van der Waals surface area contributed by atoms with Crippen LogP contribution in [0.3, 0.4) is 0 Å². The second-order valence-corrected chi connectivity index (χ2v) is 6.50. The number of imide groups is 1. The highest BCUT2D eigenvalue weighted by Gasteiger charge is 2.51. The lowest BCUT2D eigenvalue weighted by molar-refractivity contribution is -0.500. The van der Waals surface area contributed by atoms with Gasteiger partial charge in [-0.05, 0) is 23.8 Å². The molecule has 3 aliphatic heterocycles. The fourth-order valence-corrected chi connectivity index (χ4v) is 3.18. The van der Waals surface area contributed by atoms with E-state index in [1.165, 1.54) is 11.2 Å². The second kappa shape index (κ2) is 5.75. The lowest BCUT2D eigenvalue weighted by atomic mass is 9.99. The fourth-order valence-electron chi connectivity index (χ4n) is 3.18. The van der Waals surface area contributed by atoms with Gasteiger partial charge in [-0.25, -0.2) is 9.37 Å². The maximum Gasteiger partial charge on any atom is 0.334 e. The molecule has 23 heavy (non-hydrogen) atoms. The molecule has 124 valence electrons. The van der Waals surface area contributed by atoms with Crippen molar-refractivity contribution >= 4 is 30.0 Å². The molecule has 2 saturated heterocycles. The molecule has 0 spiro atoms. The first-order chi connectivity index (χ1) is 10.9. The van der Waals surface area contributed by atoms with Crippen molar-refractivity contribution in [3.8, 4) is 0 Å². The summed E-state index contributed by atoms with van der Waals surface area (Å²) in [6, 6.07) is -1.11. The molecule has 8 nitrogen and oxygen atoms in total. The van der Waals surface area contributed by atoms with Crippen molar-refractivity contribution in [2.24, 2.45) is 10.9 Å². The number of nitrogens with zero attached hydrogens (tertiary/aromatic N) is 5. The highest BCUT2D eigenvalue weighted by atomic mass is 16.2. The van der Waals surface area contributed by atoms with Crippen molar-refractivity contribution in [3.63, 3.8) is 0 Å². The van der Waals surface area contributed by atoms with E-state index in [-0.39, 0.29) is 18.4 Å². The fraction of sp³-hybridized carbons (Fsp3) is 0.667. The van der Waals surface area contributed by atoms with Gasteiger partial charge in [0.15, 0.2) is 0 Å². The first-order valence-electron chi connectivity index (χ1n) is 7.90. The normalized spacial score (nSPS) is 25.5. The van der Waals surface area contributed by atoms with Gasteiger partial charge >= 0.3 is 6.03 Å². The number of carbonyl (C=O) groups excluding carboxylic acids is 3. The molecule has 0 aromatic carbocycles. The minimum absolute atomic E-state index is 0.169. The van der Waals surface area contributed by atoms with E-state index in [0.29, 0.717) is 24.8 Å². The van der Waals surface area contributed by atoms with E-state index in [9.17, 15) is 14.4 Å². The molecule has 0 N–H and O–H groups in total. The van der Waals surface area contributed by atoms with Gasteiger partial charge in [0.25, 0.3) is 24.1 Å². The van der Waals surface area contributed by atoms with Gasteiger partial charge in [0, 0.05) is 20.1 Å². The van der Waals surface area contributed by atoms with Crippen molar-refractivity contribution in [2.45, 2.75) is 25.8 Å². The maximum atomic E-state index is 12.6.